The predicted octanol–water partition coefficient (Wildman–Crippen LogP) is 3.17. The predicted molar refractivity (Wildman–Crippen MR) is 82.7 cm³/mol. The monoisotopic (exact) mass is 290 g/mol. The number of thioether (sulfide) groups is 1. The fourth-order valence-corrected chi connectivity index (χ4v) is 3.34. The number of hydrogen-bond acceptors (Lipinski definition) is 3. The Hall–Kier alpha value is -1.00. The highest BCUT2D eigenvalue weighted by Gasteiger charge is 2.46. The third-order valence-corrected chi connectivity index (χ3v) is 4.88. The summed E-state index contributed by atoms with van der Waals surface area (Å²) in [4.78, 5) is 15.9. The quantitative estimate of drug-likeness (QED) is 0.845. The van der Waals surface area contributed by atoms with Crippen LogP contribution in [0.5, 0.6) is 0 Å². The van der Waals surface area contributed by atoms with E-state index in [9.17, 15) is 4.79 Å². The Bertz CT molecular complexity index is 484. The van der Waals surface area contributed by atoms with Gasteiger partial charge in [-0.25, -0.2) is 0 Å². The molecule has 2 unspecified atom stereocenters. The van der Waals surface area contributed by atoms with Gasteiger partial charge in [-0.15, -0.1) is 11.8 Å². The third kappa shape index (κ3) is 2.59. The van der Waals surface area contributed by atoms with Crippen molar-refractivity contribution in [1.29, 1.82) is 0 Å². The maximum atomic E-state index is 12.5. The van der Waals surface area contributed by atoms with Crippen LogP contribution in [0.1, 0.15) is 44.3 Å². The molecule has 1 aromatic carbocycles. The van der Waals surface area contributed by atoms with Crippen molar-refractivity contribution in [3.8, 4) is 0 Å². The Balaban J connectivity index is 1.83. The zero-order chi connectivity index (χ0) is 14.1. The van der Waals surface area contributed by atoms with E-state index in [-0.39, 0.29) is 12.2 Å². The molecule has 20 heavy (non-hydrogen) atoms. The van der Waals surface area contributed by atoms with Crippen molar-refractivity contribution in [2.45, 2.75) is 55.8 Å². The highest BCUT2D eigenvalue weighted by atomic mass is 32.2. The number of hydrogen-bond donors (Lipinski definition) is 1. The van der Waals surface area contributed by atoms with E-state index in [1.807, 2.05) is 0 Å². The molecule has 1 saturated heterocycles. The molecular formula is C16H22N2OS. The third-order valence-electron chi connectivity index (χ3n) is 4.14. The van der Waals surface area contributed by atoms with E-state index in [1.165, 1.54) is 10.5 Å². The summed E-state index contributed by atoms with van der Waals surface area (Å²) in [6, 6.07) is 9.06. The molecule has 1 aliphatic heterocycles. The largest absolute Gasteiger partial charge is 0.319 e. The molecule has 2 atom stereocenters. The summed E-state index contributed by atoms with van der Waals surface area (Å²) in [5.74, 6) is 0.299. The topological polar surface area (TPSA) is 32.3 Å². The average Bonchev–Trinajstić information content (AvgIpc) is 3.26. The fourth-order valence-electron chi connectivity index (χ4n) is 2.93. The maximum absolute atomic E-state index is 12.5. The molecule has 1 aliphatic carbocycles. The van der Waals surface area contributed by atoms with Gasteiger partial charge >= 0.3 is 0 Å². The van der Waals surface area contributed by atoms with Gasteiger partial charge in [0.25, 0.3) is 0 Å². The molecule has 3 rings (SSSR count). The second-order valence-corrected chi connectivity index (χ2v) is 6.54. The molecule has 1 aromatic rings. The van der Waals surface area contributed by atoms with Gasteiger partial charge in [-0.2, -0.15) is 0 Å². The minimum Gasteiger partial charge on any atom is -0.319 e. The summed E-state index contributed by atoms with van der Waals surface area (Å²) in [6.45, 7) is 2.14. The van der Waals surface area contributed by atoms with Crippen LogP contribution in [0, 0.1) is 0 Å². The zero-order valence-electron chi connectivity index (χ0n) is 12.1. The molecule has 2 aliphatic rings. The van der Waals surface area contributed by atoms with Crippen LogP contribution in [0.25, 0.3) is 0 Å². The molecule has 0 bridgehead atoms. The number of rotatable bonds is 5. The molecule has 4 heteroatoms. The van der Waals surface area contributed by atoms with Gasteiger partial charge in [0, 0.05) is 10.9 Å². The van der Waals surface area contributed by atoms with Crippen molar-refractivity contribution in [3.63, 3.8) is 0 Å². The number of benzene rings is 1. The van der Waals surface area contributed by atoms with Crippen LogP contribution < -0.4 is 5.32 Å². The highest BCUT2D eigenvalue weighted by Crippen LogP contribution is 2.38. The molecule has 1 heterocycles. The molecule has 0 spiro atoms. The number of nitrogens with one attached hydrogen (secondary N) is 1. The molecule has 1 amide bonds. The van der Waals surface area contributed by atoms with Gasteiger partial charge in [-0.3, -0.25) is 10.1 Å². The van der Waals surface area contributed by atoms with Gasteiger partial charge in [0.1, 0.15) is 6.17 Å². The van der Waals surface area contributed by atoms with Crippen molar-refractivity contribution in [3.05, 3.63) is 29.8 Å². The summed E-state index contributed by atoms with van der Waals surface area (Å²) < 4.78 is 0. The van der Waals surface area contributed by atoms with Crippen LogP contribution in [-0.4, -0.2) is 29.1 Å². The lowest BCUT2D eigenvalue weighted by atomic mass is 10.1. The highest BCUT2D eigenvalue weighted by molar-refractivity contribution is 7.98. The summed E-state index contributed by atoms with van der Waals surface area (Å²) in [5.41, 5.74) is 1.21. The second kappa shape index (κ2) is 5.78. The second-order valence-electron chi connectivity index (χ2n) is 5.66. The Morgan fingerprint density at radius 3 is 2.55 bits per heavy atom. The van der Waals surface area contributed by atoms with E-state index in [1.54, 1.807) is 11.8 Å². The van der Waals surface area contributed by atoms with Gasteiger partial charge < -0.3 is 4.90 Å². The van der Waals surface area contributed by atoms with Crippen molar-refractivity contribution in [2.75, 3.05) is 6.26 Å². The first kappa shape index (κ1) is 14.0. The van der Waals surface area contributed by atoms with Crippen LogP contribution in [0.4, 0.5) is 0 Å². The van der Waals surface area contributed by atoms with Crippen molar-refractivity contribution < 1.29 is 4.79 Å². The Kier molecular flexibility index (Phi) is 4.03. The summed E-state index contributed by atoms with van der Waals surface area (Å²) >= 11 is 1.75. The van der Waals surface area contributed by atoms with Gasteiger partial charge in [0.2, 0.25) is 5.91 Å². The lowest BCUT2D eigenvalue weighted by Crippen LogP contribution is -2.33. The first-order valence-corrected chi connectivity index (χ1v) is 8.69. The van der Waals surface area contributed by atoms with Crippen LogP contribution in [0.3, 0.4) is 0 Å². The lowest BCUT2D eigenvalue weighted by Gasteiger charge is -2.24. The van der Waals surface area contributed by atoms with Gasteiger partial charge in [0.05, 0.1) is 6.04 Å². The molecule has 108 valence electrons. The van der Waals surface area contributed by atoms with E-state index in [0.29, 0.717) is 11.9 Å². The number of amides is 1. The van der Waals surface area contributed by atoms with Crippen LogP contribution in [0.2, 0.25) is 0 Å². The van der Waals surface area contributed by atoms with Crippen LogP contribution in [-0.2, 0) is 4.79 Å². The van der Waals surface area contributed by atoms with Gasteiger partial charge in [-0.05, 0) is 43.2 Å². The van der Waals surface area contributed by atoms with Crippen molar-refractivity contribution in [2.24, 2.45) is 0 Å². The molecule has 3 nitrogen and oxygen atoms in total. The first-order chi connectivity index (χ1) is 9.74. The number of carbonyl (C=O) groups excluding carboxylic acids is 1. The summed E-state index contributed by atoms with van der Waals surface area (Å²) in [7, 11) is 0. The normalized spacial score (nSPS) is 26.3. The number of nitrogens with zero attached hydrogens (tertiary/aromatic N) is 1. The van der Waals surface area contributed by atoms with E-state index in [2.05, 4.69) is 47.7 Å². The minimum absolute atomic E-state index is 0.00540. The standard InChI is InChI=1S/C16H22N2OS/c1-3-4-14-16(19)18(12-7-8-12)15(17-14)11-5-9-13(20-2)10-6-11/h5-6,9-10,12,14-15,17H,3-4,7-8H2,1-2H3. The van der Waals surface area contributed by atoms with Gasteiger partial charge in [0.15, 0.2) is 0 Å². The Morgan fingerprint density at radius 1 is 1.30 bits per heavy atom. The van der Waals surface area contributed by atoms with Crippen molar-refractivity contribution in [1.82, 2.24) is 10.2 Å². The smallest absolute Gasteiger partial charge is 0.241 e. The van der Waals surface area contributed by atoms with E-state index in [4.69, 9.17) is 0 Å². The first-order valence-electron chi connectivity index (χ1n) is 7.46. The summed E-state index contributed by atoms with van der Waals surface area (Å²) in [6.07, 6.45) is 6.45. The lowest BCUT2D eigenvalue weighted by molar-refractivity contribution is -0.130. The Morgan fingerprint density at radius 2 is 2.00 bits per heavy atom. The average molecular weight is 290 g/mol. The molecule has 1 saturated carbocycles. The van der Waals surface area contributed by atoms with Gasteiger partial charge in [-0.1, -0.05) is 25.5 Å². The summed E-state index contributed by atoms with van der Waals surface area (Å²) in [5, 5.41) is 3.54. The molecule has 2 fully saturated rings. The molecule has 1 N–H and O–H groups in total. The zero-order valence-corrected chi connectivity index (χ0v) is 13.0. The molecular weight excluding hydrogens is 268 g/mol. The molecule has 0 aromatic heterocycles. The SMILES string of the molecule is CCCC1NC(c2ccc(SC)cc2)N(C2CC2)C1=O. The maximum Gasteiger partial charge on any atom is 0.241 e. The van der Waals surface area contributed by atoms with Crippen LogP contribution >= 0.6 is 11.8 Å². The number of carbonyl (C=O) groups is 1. The van der Waals surface area contributed by atoms with Crippen molar-refractivity contribution >= 4 is 17.7 Å². The van der Waals surface area contributed by atoms with E-state index in [0.717, 1.165) is 25.7 Å². The molecule has 0 radical (unpaired) electrons. The fraction of sp³-hybridized carbons (Fsp3) is 0.562. The van der Waals surface area contributed by atoms with E-state index >= 15 is 0 Å². The van der Waals surface area contributed by atoms with E-state index < -0.39 is 0 Å². The minimum atomic E-state index is 0.00540. The van der Waals surface area contributed by atoms with Crippen LogP contribution in [0.15, 0.2) is 29.2 Å². The Labute approximate surface area is 125 Å².